The van der Waals surface area contributed by atoms with Crippen LogP contribution >= 0.6 is 0 Å². The Labute approximate surface area is 96.0 Å². The summed E-state index contributed by atoms with van der Waals surface area (Å²) in [5.41, 5.74) is 5.09. The van der Waals surface area contributed by atoms with Gasteiger partial charge in [-0.25, -0.2) is 0 Å². The van der Waals surface area contributed by atoms with E-state index in [-0.39, 0.29) is 0 Å². The van der Waals surface area contributed by atoms with Crippen molar-refractivity contribution in [1.82, 2.24) is 4.90 Å². The normalized spacial score (nSPS) is 17.6. The van der Waals surface area contributed by atoms with Crippen LogP contribution in [0.5, 0.6) is 0 Å². The molecule has 0 aliphatic carbocycles. The van der Waals surface area contributed by atoms with Gasteiger partial charge in [0.25, 0.3) is 0 Å². The summed E-state index contributed by atoms with van der Waals surface area (Å²) >= 11 is 0. The lowest BCUT2D eigenvalue weighted by atomic mass is 9.94. The van der Waals surface area contributed by atoms with Crippen molar-refractivity contribution < 1.29 is 13.2 Å². The van der Waals surface area contributed by atoms with Gasteiger partial charge in [-0.15, -0.1) is 0 Å². The average molecular weight is 240 g/mol. The molecule has 0 aliphatic rings. The predicted octanol–water partition coefficient (Wildman–Crippen LogP) is 2.78. The van der Waals surface area contributed by atoms with E-state index in [9.17, 15) is 13.2 Å². The maximum atomic E-state index is 13.0. The van der Waals surface area contributed by atoms with Crippen LogP contribution in [0.25, 0.3) is 0 Å². The van der Waals surface area contributed by atoms with E-state index >= 15 is 0 Å². The molecule has 0 amide bonds. The van der Waals surface area contributed by atoms with E-state index in [1.165, 1.54) is 11.9 Å². The summed E-state index contributed by atoms with van der Waals surface area (Å²) in [4.78, 5) is 1.35. The van der Waals surface area contributed by atoms with Gasteiger partial charge in [-0.3, -0.25) is 4.90 Å². The first-order valence-corrected chi connectivity index (χ1v) is 5.63. The standard InChI is InChI=1S/C11H23F3N2/c1-6-8(15)9(11(12,13)14)16(5)10(3,4)7-2/h8-9H,6-7,15H2,1-5H3. The maximum absolute atomic E-state index is 13.0. The SMILES string of the molecule is CCC(N)C(N(C)C(C)(C)CC)C(F)(F)F. The number of hydrogen-bond donors (Lipinski definition) is 1. The van der Waals surface area contributed by atoms with Gasteiger partial charge in [0.2, 0.25) is 0 Å². The molecule has 0 rings (SSSR count). The number of halogens is 3. The van der Waals surface area contributed by atoms with Gasteiger partial charge in [-0.1, -0.05) is 13.8 Å². The van der Waals surface area contributed by atoms with Crippen molar-refractivity contribution in [2.45, 2.75) is 64.3 Å². The Morgan fingerprint density at radius 3 is 1.88 bits per heavy atom. The molecule has 2 N–H and O–H groups in total. The first kappa shape index (κ1) is 15.7. The highest BCUT2D eigenvalue weighted by molar-refractivity contribution is 4.92. The van der Waals surface area contributed by atoms with Crippen molar-refractivity contribution in [1.29, 1.82) is 0 Å². The van der Waals surface area contributed by atoms with Gasteiger partial charge in [-0.2, -0.15) is 13.2 Å². The summed E-state index contributed by atoms with van der Waals surface area (Å²) in [6.07, 6.45) is -3.32. The van der Waals surface area contributed by atoms with E-state index in [0.717, 1.165) is 0 Å². The second-order valence-corrected chi connectivity index (χ2v) is 4.84. The van der Waals surface area contributed by atoms with Crippen LogP contribution in [0.2, 0.25) is 0 Å². The molecule has 98 valence electrons. The molecule has 16 heavy (non-hydrogen) atoms. The summed E-state index contributed by atoms with van der Waals surface area (Å²) in [6.45, 7) is 7.15. The molecular weight excluding hydrogens is 217 g/mol. The zero-order valence-corrected chi connectivity index (χ0v) is 10.7. The van der Waals surface area contributed by atoms with Gasteiger partial charge in [0.1, 0.15) is 6.04 Å². The number of nitrogens with two attached hydrogens (primary N) is 1. The third-order valence-electron chi connectivity index (χ3n) is 3.45. The van der Waals surface area contributed by atoms with Gasteiger partial charge in [0.15, 0.2) is 0 Å². The van der Waals surface area contributed by atoms with Crippen LogP contribution in [0.15, 0.2) is 0 Å². The average Bonchev–Trinajstić information content (AvgIpc) is 2.15. The minimum Gasteiger partial charge on any atom is -0.326 e. The summed E-state index contributed by atoms with van der Waals surface area (Å²) in [6, 6.07) is -2.46. The fourth-order valence-corrected chi connectivity index (χ4v) is 1.60. The number of hydrogen-bond acceptors (Lipinski definition) is 2. The Balaban J connectivity index is 5.06. The van der Waals surface area contributed by atoms with Gasteiger partial charge in [-0.05, 0) is 33.7 Å². The molecule has 0 fully saturated rings. The van der Waals surface area contributed by atoms with Gasteiger partial charge in [0.05, 0.1) is 0 Å². The zero-order chi connectivity index (χ0) is 13.1. The number of nitrogens with zero attached hydrogens (tertiary/aromatic N) is 1. The van der Waals surface area contributed by atoms with Crippen LogP contribution in [0.3, 0.4) is 0 Å². The van der Waals surface area contributed by atoms with Gasteiger partial charge < -0.3 is 5.73 Å². The van der Waals surface area contributed by atoms with Crippen LogP contribution in [0, 0.1) is 0 Å². The molecule has 0 radical (unpaired) electrons. The van der Waals surface area contributed by atoms with Crippen molar-refractivity contribution in [3.63, 3.8) is 0 Å². The van der Waals surface area contributed by atoms with E-state index in [0.29, 0.717) is 12.8 Å². The molecular formula is C11H23F3N2. The molecule has 0 aromatic carbocycles. The first-order chi connectivity index (χ1) is 7.07. The Hall–Kier alpha value is -0.290. The predicted molar refractivity (Wildman–Crippen MR) is 60.2 cm³/mol. The lowest BCUT2D eigenvalue weighted by Crippen LogP contribution is -2.60. The lowest BCUT2D eigenvalue weighted by molar-refractivity contribution is -0.198. The maximum Gasteiger partial charge on any atom is 0.405 e. The van der Waals surface area contributed by atoms with E-state index in [1.54, 1.807) is 20.8 Å². The zero-order valence-electron chi connectivity index (χ0n) is 10.7. The highest BCUT2D eigenvalue weighted by Crippen LogP contribution is 2.32. The fourth-order valence-electron chi connectivity index (χ4n) is 1.60. The monoisotopic (exact) mass is 240 g/mol. The molecule has 0 bridgehead atoms. The Morgan fingerprint density at radius 2 is 1.62 bits per heavy atom. The third-order valence-corrected chi connectivity index (χ3v) is 3.45. The van der Waals surface area contributed by atoms with Crippen molar-refractivity contribution >= 4 is 0 Å². The van der Waals surface area contributed by atoms with Gasteiger partial charge >= 0.3 is 6.18 Å². The first-order valence-electron chi connectivity index (χ1n) is 5.63. The molecule has 0 aliphatic heterocycles. The highest BCUT2D eigenvalue weighted by atomic mass is 19.4. The van der Waals surface area contributed by atoms with Crippen LogP contribution in [0.4, 0.5) is 13.2 Å². The van der Waals surface area contributed by atoms with Crippen molar-refractivity contribution in [2.75, 3.05) is 7.05 Å². The minimum atomic E-state index is -4.28. The molecule has 2 unspecified atom stereocenters. The minimum absolute atomic E-state index is 0.314. The van der Waals surface area contributed by atoms with E-state index < -0.39 is 23.8 Å². The molecule has 2 atom stereocenters. The number of rotatable bonds is 5. The van der Waals surface area contributed by atoms with Crippen molar-refractivity contribution in [2.24, 2.45) is 5.73 Å². The van der Waals surface area contributed by atoms with Crippen LogP contribution in [0.1, 0.15) is 40.5 Å². The third kappa shape index (κ3) is 3.63. The number of likely N-dealkylation sites (N-methyl/N-ethyl adjacent to an activating group) is 1. The summed E-state index contributed by atoms with van der Waals surface area (Å²) < 4.78 is 38.9. The Bertz CT molecular complexity index is 214. The van der Waals surface area contributed by atoms with E-state index in [1.807, 2.05) is 6.92 Å². The second-order valence-electron chi connectivity index (χ2n) is 4.84. The summed E-state index contributed by atoms with van der Waals surface area (Å²) in [7, 11) is 1.50. The molecule has 0 saturated heterocycles. The summed E-state index contributed by atoms with van der Waals surface area (Å²) in [5, 5.41) is 0. The van der Waals surface area contributed by atoms with Crippen molar-refractivity contribution in [3.05, 3.63) is 0 Å². The number of alkyl halides is 3. The Kier molecular flexibility index (Phi) is 5.26. The fraction of sp³-hybridized carbons (Fsp3) is 1.00. The van der Waals surface area contributed by atoms with E-state index in [2.05, 4.69) is 0 Å². The molecule has 0 spiro atoms. The topological polar surface area (TPSA) is 29.3 Å². The lowest BCUT2D eigenvalue weighted by Gasteiger charge is -2.43. The molecule has 0 heterocycles. The van der Waals surface area contributed by atoms with Crippen LogP contribution in [-0.4, -0.2) is 35.7 Å². The second kappa shape index (κ2) is 5.36. The molecule has 5 heteroatoms. The van der Waals surface area contributed by atoms with Crippen LogP contribution in [-0.2, 0) is 0 Å². The Morgan fingerprint density at radius 1 is 1.19 bits per heavy atom. The molecule has 0 saturated carbocycles. The van der Waals surface area contributed by atoms with Crippen molar-refractivity contribution in [3.8, 4) is 0 Å². The molecule has 0 aromatic heterocycles. The highest BCUT2D eigenvalue weighted by Gasteiger charge is 2.48. The smallest absolute Gasteiger partial charge is 0.326 e. The van der Waals surface area contributed by atoms with E-state index in [4.69, 9.17) is 5.73 Å². The quantitative estimate of drug-likeness (QED) is 0.800. The summed E-state index contributed by atoms with van der Waals surface area (Å²) in [5.74, 6) is 0. The van der Waals surface area contributed by atoms with Gasteiger partial charge in [0, 0.05) is 11.6 Å². The molecule has 2 nitrogen and oxygen atoms in total. The largest absolute Gasteiger partial charge is 0.405 e. The molecule has 0 aromatic rings. The van der Waals surface area contributed by atoms with Crippen LogP contribution < -0.4 is 5.73 Å².